The molecular formula is C24H33Cl2N3O2. The lowest BCUT2D eigenvalue weighted by Gasteiger charge is -2.41. The van der Waals surface area contributed by atoms with Gasteiger partial charge in [0.15, 0.2) is 0 Å². The van der Waals surface area contributed by atoms with Crippen molar-refractivity contribution in [3.05, 3.63) is 69.6 Å². The number of benzene rings is 1. The Balaban J connectivity index is 0.00000136. The monoisotopic (exact) mass is 465 g/mol. The Morgan fingerprint density at radius 3 is 2.52 bits per heavy atom. The van der Waals surface area contributed by atoms with Gasteiger partial charge in [-0.15, -0.1) is 24.8 Å². The Hall–Kier alpha value is -1.37. The molecule has 0 unspecified atom stereocenters. The molecule has 3 aliphatic heterocycles. The fourth-order valence-electron chi connectivity index (χ4n) is 5.62. The van der Waals surface area contributed by atoms with Crippen LogP contribution in [0.25, 0.3) is 0 Å². The van der Waals surface area contributed by atoms with Gasteiger partial charge in [-0.3, -0.25) is 9.69 Å². The molecule has 1 N–H and O–H groups in total. The molecule has 170 valence electrons. The zero-order chi connectivity index (χ0) is 19.8. The molecule has 5 nitrogen and oxygen atoms in total. The van der Waals surface area contributed by atoms with E-state index in [9.17, 15) is 4.79 Å². The molecule has 31 heavy (non-hydrogen) atoms. The SMILES string of the molecule is COC1(c2ccccc2)CCN(Cc2ccc3n(c2=O)C[C@@H]2CNC[C@H]3C2)CC1.Cl.Cl. The first-order valence-corrected chi connectivity index (χ1v) is 10.9. The number of methoxy groups -OCH3 is 1. The Labute approximate surface area is 197 Å². The van der Waals surface area contributed by atoms with Crippen molar-refractivity contribution in [2.45, 2.75) is 43.9 Å². The van der Waals surface area contributed by atoms with Crippen LogP contribution in [0.2, 0.25) is 0 Å². The molecule has 0 radical (unpaired) electrons. The van der Waals surface area contributed by atoms with Gasteiger partial charge in [0.2, 0.25) is 0 Å². The molecule has 1 aromatic heterocycles. The van der Waals surface area contributed by atoms with Crippen molar-refractivity contribution in [3.8, 4) is 0 Å². The summed E-state index contributed by atoms with van der Waals surface area (Å²) in [5, 5.41) is 3.52. The zero-order valence-electron chi connectivity index (χ0n) is 18.1. The van der Waals surface area contributed by atoms with Gasteiger partial charge in [-0.1, -0.05) is 36.4 Å². The maximum Gasteiger partial charge on any atom is 0.255 e. The molecular weight excluding hydrogens is 433 g/mol. The van der Waals surface area contributed by atoms with E-state index >= 15 is 0 Å². The highest BCUT2D eigenvalue weighted by Crippen LogP contribution is 2.36. The molecule has 7 heteroatoms. The standard InChI is InChI=1S/C24H31N3O2.2ClH/c1-29-24(21-5-3-2-4-6-21)9-11-26(12-10-24)17-19-7-8-22-20-13-18(14-25-15-20)16-27(22)23(19)28;;/h2-8,18,20,25H,9-17H2,1H3;2*1H/t18-,20+;;/m0../s1. The normalized spacial score (nSPS) is 24.4. The summed E-state index contributed by atoms with van der Waals surface area (Å²) in [5.74, 6) is 1.09. The smallest absolute Gasteiger partial charge is 0.255 e. The van der Waals surface area contributed by atoms with Gasteiger partial charge in [-0.25, -0.2) is 0 Å². The predicted molar refractivity (Wildman–Crippen MR) is 129 cm³/mol. The second-order valence-corrected chi connectivity index (χ2v) is 9.00. The molecule has 5 rings (SSSR count). The van der Waals surface area contributed by atoms with E-state index in [0.29, 0.717) is 11.8 Å². The number of halogens is 2. The summed E-state index contributed by atoms with van der Waals surface area (Å²) in [6, 6.07) is 14.8. The first-order valence-electron chi connectivity index (χ1n) is 10.9. The number of likely N-dealkylation sites (tertiary alicyclic amines) is 1. The van der Waals surface area contributed by atoms with Crippen molar-refractivity contribution in [3.63, 3.8) is 0 Å². The van der Waals surface area contributed by atoms with Crippen LogP contribution in [0.3, 0.4) is 0 Å². The number of aromatic nitrogens is 1. The van der Waals surface area contributed by atoms with E-state index in [1.807, 2.05) is 7.11 Å². The van der Waals surface area contributed by atoms with Crippen molar-refractivity contribution in [2.24, 2.45) is 5.92 Å². The number of nitrogens with zero attached hydrogens (tertiary/aromatic N) is 2. The van der Waals surface area contributed by atoms with Crippen LogP contribution < -0.4 is 10.9 Å². The molecule has 0 spiro atoms. The van der Waals surface area contributed by atoms with E-state index < -0.39 is 0 Å². The number of hydrogen-bond donors (Lipinski definition) is 1. The molecule has 0 amide bonds. The summed E-state index contributed by atoms with van der Waals surface area (Å²) in [7, 11) is 1.82. The van der Waals surface area contributed by atoms with Gasteiger partial charge < -0.3 is 14.6 Å². The van der Waals surface area contributed by atoms with Crippen molar-refractivity contribution in [2.75, 3.05) is 33.3 Å². The number of ether oxygens (including phenoxy) is 1. The molecule has 0 saturated carbocycles. The average Bonchev–Trinajstić information content (AvgIpc) is 2.78. The van der Waals surface area contributed by atoms with Crippen LogP contribution >= 0.6 is 24.8 Å². The minimum Gasteiger partial charge on any atom is -0.373 e. The highest BCUT2D eigenvalue weighted by molar-refractivity contribution is 5.85. The largest absolute Gasteiger partial charge is 0.373 e. The predicted octanol–water partition coefficient (Wildman–Crippen LogP) is 3.54. The lowest BCUT2D eigenvalue weighted by atomic mass is 9.83. The molecule has 2 saturated heterocycles. The summed E-state index contributed by atoms with van der Waals surface area (Å²) in [6.07, 6.45) is 3.13. The van der Waals surface area contributed by atoms with Gasteiger partial charge >= 0.3 is 0 Å². The first kappa shape index (κ1) is 24.3. The fraction of sp³-hybridized carbons (Fsp3) is 0.542. The Bertz CT molecular complexity index is 926. The van der Waals surface area contributed by atoms with Crippen LogP contribution in [0.4, 0.5) is 0 Å². The minimum atomic E-state index is -0.201. The van der Waals surface area contributed by atoms with Crippen molar-refractivity contribution in [1.29, 1.82) is 0 Å². The van der Waals surface area contributed by atoms with E-state index in [1.54, 1.807) is 0 Å². The van der Waals surface area contributed by atoms with E-state index in [-0.39, 0.29) is 36.0 Å². The molecule has 3 aliphatic rings. The summed E-state index contributed by atoms with van der Waals surface area (Å²) < 4.78 is 8.08. The number of piperidine rings is 2. The van der Waals surface area contributed by atoms with Gasteiger partial charge in [0.05, 0.1) is 5.60 Å². The second-order valence-electron chi connectivity index (χ2n) is 9.00. The highest BCUT2D eigenvalue weighted by Gasteiger charge is 2.36. The summed E-state index contributed by atoms with van der Waals surface area (Å²) in [6.45, 7) is 5.53. The molecule has 2 atom stereocenters. The number of fused-ring (bicyclic) bond motifs is 4. The van der Waals surface area contributed by atoms with Crippen LogP contribution in [0, 0.1) is 5.92 Å². The third kappa shape index (κ3) is 4.57. The van der Waals surface area contributed by atoms with Crippen LogP contribution in [-0.4, -0.2) is 42.8 Å². The molecule has 1 aromatic carbocycles. The number of rotatable bonds is 4. The molecule has 0 aliphatic carbocycles. The lowest BCUT2D eigenvalue weighted by Crippen LogP contribution is -2.46. The lowest BCUT2D eigenvalue weighted by molar-refractivity contribution is -0.0638. The van der Waals surface area contributed by atoms with E-state index in [0.717, 1.165) is 57.7 Å². The molecule has 2 bridgehead atoms. The quantitative estimate of drug-likeness (QED) is 0.749. The Kier molecular flexibility index (Phi) is 7.87. The number of hydrogen-bond acceptors (Lipinski definition) is 4. The Morgan fingerprint density at radius 2 is 1.81 bits per heavy atom. The van der Waals surface area contributed by atoms with Crippen molar-refractivity contribution < 1.29 is 4.74 Å². The van der Waals surface area contributed by atoms with Gasteiger partial charge in [0, 0.05) is 57.0 Å². The van der Waals surface area contributed by atoms with Crippen molar-refractivity contribution in [1.82, 2.24) is 14.8 Å². The Morgan fingerprint density at radius 1 is 1.06 bits per heavy atom. The van der Waals surface area contributed by atoms with Gasteiger partial charge in [0.1, 0.15) is 0 Å². The highest BCUT2D eigenvalue weighted by atomic mass is 35.5. The molecule has 2 aromatic rings. The first-order chi connectivity index (χ1) is 14.2. The zero-order valence-corrected chi connectivity index (χ0v) is 19.7. The van der Waals surface area contributed by atoms with Crippen LogP contribution in [0.1, 0.15) is 42.0 Å². The van der Waals surface area contributed by atoms with Crippen LogP contribution in [0.15, 0.2) is 47.3 Å². The average molecular weight is 466 g/mol. The maximum absolute atomic E-state index is 13.2. The summed E-state index contributed by atoms with van der Waals surface area (Å²) in [4.78, 5) is 15.6. The maximum atomic E-state index is 13.2. The topological polar surface area (TPSA) is 46.5 Å². The van der Waals surface area contributed by atoms with Gasteiger partial charge in [0.25, 0.3) is 5.56 Å². The molecule has 2 fully saturated rings. The van der Waals surface area contributed by atoms with E-state index in [4.69, 9.17) is 4.74 Å². The van der Waals surface area contributed by atoms with Crippen molar-refractivity contribution >= 4 is 24.8 Å². The van der Waals surface area contributed by atoms with Crippen LogP contribution in [0.5, 0.6) is 0 Å². The summed E-state index contributed by atoms with van der Waals surface area (Å²) in [5.41, 5.74) is 3.45. The third-order valence-electron chi connectivity index (χ3n) is 7.34. The fourth-order valence-corrected chi connectivity index (χ4v) is 5.62. The molecule has 4 heterocycles. The van der Waals surface area contributed by atoms with Gasteiger partial charge in [-0.05, 0) is 43.4 Å². The number of nitrogens with one attached hydrogen (secondary N) is 1. The minimum absolute atomic E-state index is 0. The summed E-state index contributed by atoms with van der Waals surface area (Å²) >= 11 is 0. The number of pyridine rings is 1. The van der Waals surface area contributed by atoms with Gasteiger partial charge in [-0.2, -0.15) is 0 Å². The van der Waals surface area contributed by atoms with E-state index in [2.05, 4.69) is 57.2 Å². The van der Waals surface area contributed by atoms with Crippen LogP contribution in [-0.2, 0) is 23.4 Å². The third-order valence-corrected chi connectivity index (χ3v) is 7.34. The second kappa shape index (κ2) is 10.1. The van der Waals surface area contributed by atoms with E-state index in [1.165, 1.54) is 17.7 Å².